The van der Waals surface area contributed by atoms with Crippen LogP contribution in [0.4, 0.5) is 0 Å². The molecule has 0 saturated heterocycles. The standard InChI is InChI=1S/C8H8O3/c9-7(8(10)11)6-4-2-1-3-5-6/h1-4,9H,5H2,(H,10,11)/b7-6-. The first-order valence-corrected chi connectivity index (χ1v) is 3.20. The second-order valence-corrected chi connectivity index (χ2v) is 2.17. The predicted molar refractivity (Wildman–Crippen MR) is 40.2 cm³/mol. The molecule has 0 atom stereocenters. The normalized spacial score (nSPS) is 20.0. The third kappa shape index (κ3) is 1.70. The maximum absolute atomic E-state index is 10.2. The Hall–Kier alpha value is -1.51. The number of hydrogen-bond acceptors (Lipinski definition) is 2. The maximum Gasteiger partial charge on any atom is 0.371 e. The van der Waals surface area contributed by atoms with E-state index in [0.29, 0.717) is 12.0 Å². The number of aliphatic hydroxyl groups is 1. The Kier molecular flexibility index (Phi) is 2.11. The lowest BCUT2D eigenvalue weighted by atomic mass is 10.1. The summed E-state index contributed by atoms with van der Waals surface area (Å²) in [6.45, 7) is 0. The minimum atomic E-state index is -1.28. The summed E-state index contributed by atoms with van der Waals surface area (Å²) in [5.74, 6) is -1.84. The van der Waals surface area contributed by atoms with E-state index in [2.05, 4.69) is 0 Å². The van der Waals surface area contributed by atoms with Crippen LogP contribution in [0.5, 0.6) is 0 Å². The number of carboxylic acids is 1. The van der Waals surface area contributed by atoms with Gasteiger partial charge in [-0.1, -0.05) is 24.3 Å². The zero-order valence-corrected chi connectivity index (χ0v) is 5.82. The van der Waals surface area contributed by atoms with Gasteiger partial charge in [-0.25, -0.2) is 4.79 Å². The van der Waals surface area contributed by atoms with Gasteiger partial charge in [0.2, 0.25) is 5.76 Å². The van der Waals surface area contributed by atoms with Gasteiger partial charge in [-0.05, 0) is 6.42 Å². The molecule has 0 fully saturated rings. The second kappa shape index (κ2) is 3.05. The van der Waals surface area contributed by atoms with Gasteiger partial charge in [0.05, 0.1) is 0 Å². The molecule has 0 aromatic carbocycles. The van der Waals surface area contributed by atoms with Crippen LogP contribution in [0.3, 0.4) is 0 Å². The Morgan fingerprint density at radius 3 is 2.55 bits per heavy atom. The quantitative estimate of drug-likeness (QED) is 0.441. The average molecular weight is 152 g/mol. The molecule has 3 nitrogen and oxygen atoms in total. The summed E-state index contributed by atoms with van der Waals surface area (Å²) < 4.78 is 0. The molecule has 1 aliphatic carbocycles. The smallest absolute Gasteiger partial charge is 0.371 e. The molecule has 0 radical (unpaired) electrons. The Morgan fingerprint density at radius 2 is 2.09 bits per heavy atom. The van der Waals surface area contributed by atoms with Gasteiger partial charge in [-0.3, -0.25) is 0 Å². The topological polar surface area (TPSA) is 57.5 Å². The second-order valence-electron chi connectivity index (χ2n) is 2.17. The Morgan fingerprint density at radius 1 is 1.36 bits per heavy atom. The third-order valence-electron chi connectivity index (χ3n) is 1.39. The third-order valence-corrected chi connectivity index (χ3v) is 1.39. The molecule has 0 bridgehead atoms. The first-order chi connectivity index (χ1) is 5.22. The summed E-state index contributed by atoms with van der Waals surface area (Å²) in [6.07, 6.45) is 7.35. The summed E-state index contributed by atoms with van der Waals surface area (Å²) in [4.78, 5) is 10.2. The van der Waals surface area contributed by atoms with Crippen LogP contribution in [0.1, 0.15) is 6.42 Å². The molecule has 0 aromatic heterocycles. The SMILES string of the molecule is O=C(O)/C(O)=C1\C=CC=CC1. The summed E-state index contributed by atoms with van der Waals surface area (Å²) in [5.41, 5.74) is 0.444. The number of carbonyl (C=O) groups is 1. The van der Waals surface area contributed by atoms with Crippen LogP contribution >= 0.6 is 0 Å². The van der Waals surface area contributed by atoms with E-state index in [0.717, 1.165) is 0 Å². The number of hydrogen-bond donors (Lipinski definition) is 2. The highest BCUT2D eigenvalue weighted by Crippen LogP contribution is 2.13. The van der Waals surface area contributed by atoms with Gasteiger partial charge in [0.1, 0.15) is 0 Å². The first-order valence-electron chi connectivity index (χ1n) is 3.20. The molecule has 11 heavy (non-hydrogen) atoms. The highest BCUT2D eigenvalue weighted by Gasteiger charge is 2.09. The van der Waals surface area contributed by atoms with E-state index in [4.69, 9.17) is 10.2 Å². The Bertz CT molecular complexity index is 259. The monoisotopic (exact) mass is 152 g/mol. The van der Waals surface area contributed by atoms with E-state index in [1.165, 1.54) is 0 Å². The molecular formula is C8H8O3. The van der Waals surface area contributed by atoms with Crippen molar-refractivity contribution in [2.24, 2.45) is 0 Å². The molecule has 0 aromatic rings. The van der Waals surface area contributed by atoms with Crippen LogP contribution in [0.2, 0.25) is 0 Å². The number of allylic oxidation sites excluding steroid dienone is 5. The van der Waals surface area contributed by atoms with E-state index in [1.807, 2.05) is 0 Å². The number of aliphatic carboxylic acids is 1. The molecule has 1 aliphatic rings. The first kappa shape index (κ1) is 7.60. The lowest BCUT2D eigenvalue weighted by Crippen LogP contribution is -2.03. The summed E-state index contributed by atoms with van der Waals surface area (Å²) in [5, 5.41) is 17.3. The van der Waals surface area contributed by atoms with E-state index in [1.54, 1.807) is 24.3 Å². The fourth-order valence-corrected chi connectivity index (χ4v) is 0.826. The highest BCUT2D eigenvalue weighted by molar-refractivity contribution is 5.85. The van der Waals surface area contributed by atoms with Crippen molar-refractivity contribution >= 4 is 5.97 Å². The molecule has 0 spiro atoms. The van der Waals surface area contributed by atoms with Gasteiger partial charge < -0.3 is 10.2 Å². The van der Waals surface area contributed by atoms with Gasteiger partial charge in [0.15, 0.2) is 0 Å². The zero-order valence-electron chi connectivity index (χ0n) is 5.82. The fraction of sp³-hybridized carbons (Fsp3) is 0.125. The molecule has 3 heteroatoms. The van der Waals surface area contributed by atoms with Crippen LogP contribution in [0.25, 0.3) is 0 Å². The number of rotatable bonds is 1. The molecule has 0 heterocycles. The average Bonchev–Trinajstić information content (AvgIpc) is 2.05. The fourth-order valence-electron chi connectivity index (χ4n) is 0.826. The molecule has 58 valence electrons. The van der Waals surface area contributed by atoms with E-state index in [-0.39, 0.29) is 0 Å². The number of carboxylic acid groups (broad SMARTS) is 1. The lowest BCUT2D eigenvalue weighted by Gasteiger charge is -2.02. The minimum Gasteiger partial charge on any atom is -0.502 e. The van der Waals surface area contributed by atoms with Crippen molar-refractivity contribution in [1.82, 2.24) is 0 Å². The van der Waals surface area contributed by atoms with E-state index < -0.39 is 11.7 Å². The van der Waals surface area contributed by atoms with Crippen LogP contribution < -0.4 is 0 Å². The van der Waals surface area contributed by atoms with Gasteiger partial charge in [-0.2, -0.15) is 0 Å². The minimum absolute atomic E-state index is 0.444. The molecule has 0 aliphatic heterocycles. The molecule has 0 saturated carbocycles. The van der Waals surface area contributed by atoms with Crippen molar-refractivity contribution in [2.75, 3.05) is 0 Å². The lowest BCUT2D eigenvalue weighted by molar-refractivity contribution is -0.135. The summed E-state index contributed by atoms with van der Waals surface area (Å²) >= 11 is 0. The molecule has 2 N–H and O–H groups in total. The van der Waals surface area contributed by atoms with E-state index >= 15 is 0 Å². The van der Waals surface area contributed by atoms with Crippen molar-refractivity contribution < 1.29 is 15.0 Å². The van der Waals surface area contributed by atoms with Gasteiger partial charge >= 0.3 is 5.97 Å². The molecule has 0 amide bonds. The zero-order chi connectivity index (χ0) is 8.27. The molecule has 1 rings (SSSR count). The highest BCUT2D eigenvalue weighted by atomic mass is 16.4. The molecule has 0 unspecified atom stereocenters. The Balaban J connectivity index is 2.88. The van der Waals surface area contributed by atoms with Crippen molar-refractivity contribution in [3.05, 3.63) is 35.6 Å². The Labute approximate surface area is 64.0 Å². The van der Waals surface area contributed by atoms with Crippen molar-refractivity contribution in [2.45, 2.75) is 6.42 Å². The van der Waals surface area contributed by atoms with Gasteiger partial charge in [0, 0.05) is 5.57 Å². The van der Waals surface area contributed by atoms with E-state index in [9.17, 15) is 4.79 Å². The summed E-state index contributed by atoms with van der Waals surface area (Å²) in [7, 11) is 0. The van der Waals surface area contributed by atoms with Gasteiger partial charge in [0.25, 0.3) is 0 Å². The predicted octanol–water partition coefficient (Wildman–Crippen LogP) is 1.40. The van der Waals surface area contributed by atoms with Crippen LogP contribution in [-0.4, -0.2) is 16.2 Å². The van der Waals surface area contributed by atoms with Crippen LogP contribution in [0.15, 0.2) is 35.6 Å². The van der Waals surface area contributed by atoms with Crippen LogP contribution in [0, 0.1) is 0 Å². The number of aliphatic hydroxyl groups excluding tert-OH is 1. The van der Waals surface area contributed by atoms with Crippen LogP contribution in [-0.2, 0) is 4.79 Å². The largest absolute Gasteiger partial charge is 0.502 e. The van der Waals surface area contributed by atoms with Crippen molar-refractivity contribution in [1.29, 1.82) is 0 Å². The van der Waals surface area contributed by atoms with Gasteiger partial charge in [-0.15, -0.1) is 0 Å². The molecular weight excluding hydrogens is 144 g/mol. The maximum atomic E-state index is 10.2. The van der Waals surface area contributed by atoms with Crippen molar-refractivity contribution in [3.63, 3.8) is 0 Å². The van der Waals surface area contributed by atoms with Crippen molar-refractivity contribution in [3.8, 4) is 0 Å². The summed E-state index contributed by atoms with van der Waals surface area (Å²) in [6, 6.07) is 0.